The average Bonchev–Trinajstić information content (AvgIpc) is 3.14. The Kier molecular flexibility index (Phi) is 8.67. The molecule has 0 saturated carbocycles. The normalized spacial score (nSPS) is 18.7. The maximum Gasteiger partial charge on any atom is 0.407 e. The highest BCUT2D eigenvalue weighted by Crippen LogP contribution is 2.21. The van der Waals surface area contributed by atoms with Crippen molar-refractivity contribution in [1.29, 1.82) is 0 Å². The van der Waals surface area contributed by atoms with Gasteiger partial charge in [-0.15, -0.1) is 0 Å². The molecule has 0 aromatic heterocycles. The van der Waals surface area contributed by atoms with E-state index in [2.05, 4.69) is 10.6 Å². The van der Waals surface area contributed by atoms with Gasteiger partial charge in [0.05, 0.1) is 11.7 Å². The smallest absolute Gasteiger partial charge is 0.407 e. The van der Waals surface area contributed by atoms with Gasteiger partial charge in [0, 0.05) is 31.6 Å². The predicted molar refractivity (Wildman–Crippen MR) is 131 cm³/mol. The lowest BCUT2D eigenvalue weighted by Crippen LogP contribution is -2.46. The predicted octanol–water partition coefficient (Wildman–Crippen LogP) is 3.83. The van der Waals surface area contributed by atoms with Crippen LogP contribution in [-0.4, -0.2) is 53.7 Å². The van der Waals surface area contributed by atoms with E-state index in [0.29, 0.717) is 30.8 Å². The maximum atomic E-state index is 14.3. The first-order chi connectivity index (χ1) is 16.5. The molecular weight excluding hydrogens is 454 g/mol. The fourth-order valence-electron chi connectivity index (χ4n) is 4.19. The fraction of sp³-hybridized carbons (Fsp3) is 0.462. The lowest BCUT2D eigenvalue weighted by molar-refractivity contribution is -0.132. The Bertz CT molecular complexity index is 1030. The van der Waals surface area contributed by atoms with E-state index < -0.39 is 23.6 Å². The average molecular weight is 489 g/mol. The van der Waals surface area contributed by atoms with E-state index in [1.54, 1.807) is 62.1 Å². The number of amides is 2. The van der Waals surface area contributed by atoms with Crippen LogP contribution in [-0.2, 0) is 16.0 Å². The summed E-state index contributed by atoms with van der Waals surface area (Å²) in [4.78, 5) is 27.4. The van der Waals surface area contributed by atoms with Crippen LogP contribution in [0.1, 0.15) is 39.2 Å². The second-order valence-corrected chi connectivity index (χ2v) is 9.90. The Balaban J connectivity index is 1.70. The molecule has 7 nitrogen and oxygen atoms in total. The van der Waals surface area contributed by atoms with E-state index in [4.69, 9.17) is 10.5 Å². The summed E-state index contributed by atoms with van der Waals surface area (Å²) in [6, 6.07) is 11.4. The number of alkyl carbamates (subject to hydrolysis) is 1. The van der Waals surface area contributed by atoms with Crippen LogP contribution in [0.3, 0.4) is 0 Å². The summed E-state index contributed by atoms with van der Waals surface area (Å²) in [6.07, 6.45) is -0.0563. The van der Waals surface area contributed by atoms with Gasteiger partial charge in [0.25, 0.3) is 0 Å². The van der Waals surface area contributed by atoms with Gasteiger partial charge in [-0.25, -0.2) is 13.6 Å². The van der Waals surface area contributed by atoms with E-state index in [-0.39, 0.29) is 36.6 Å². The molecule has 0 bridgehead atoms. The number of rotatable bonds is 8. The number of hydrogen-bond acceptors (Lipinski definition) is 5. The largest absolute Gasteiger partial charge is 0.444 e. The van der Waals surface area contributed by atoms with Crippen molar-refractivity contribution in [1.82, 2.24) is 10.2 Å². The zero-order chi connectivity index (χ0) is 25.6. The molecule has 1 aliphatic heterocycles. The molecule has 0 aliphatic carbocycles. The summed E-state index contributed by atoms with van der Waals surface area (Å²) in [7, 11) is 0. The molecule has 4 N–H and O–H groups in total. The van der Waals surface area contributed by atoms with Crippen LogP contribution < -0.4 is 16.4 Å². The van der Waals surface area contributed by atoms with Crippen LogP contribution in [0.4, 0.5) is 19.3 Å². The van der Waals surface area contributed by atoms with E-state index in [1.165, 1.54) is 12.1 Å². The van der Waals surface area contributed by atoms with Gasteiger partial charge >= 0.3 is 6.09 Å². The minimum atomic E-state index is -0.720. The van der Waals surface area contributed by atoms with Crippen molar-refractivity contribution < 1.29 is 23.1 Å². The van der Waals surface area contributed by atoms with Crippen molar-refractivity contribution in [3.05, 3.63) is 65.7 Å². The topological polar surface area (TPSA) is 96.7 Å². The number of ether oxygens (including phenoxy) is 1. The molecule has 2 aromatic carbocycles. The summed E-state index contributed by atoms with van der Waals surface area (Å²) < 4.78 is 33.7. The Hall–Kier alpha value is -3.20. The standard InChI is InChI=1S/C26H34F2N4O3/c1-26(2,3)35-25(34)31-19(12-17-8-4-5-9-21(17)27)14-24(33)32-16-18(29)13-20(32)15-30-23-11-7-6-10-22(23)28/h4-11,18-20,30H,12-16,29H2,1-3H3,(H,31,34)/t18?,19-,20?/m1/s1. The van der Waals surface area contributed by atoms with Gasteiger partial charge in [-0.3, -0.25) is 4.79 Å². The van der Waals surface area contributed by atoms with Crippen LogP contribution in [0.5, 0.6) is 0 Å². The highest BCUT2D eigenvalue weighted by Gasteiger charge is 2.35. The second kappa shape index (κ2) is 11.5. The summed E-state index contributed by atoms with van der Waals surface area (Å²) in [5.74, 6) is -1.01. The second-order valence-electron chi connectivity index (χ2n) is 9.90. The maximum absolute atomic E-state index is 14.3. The number of nitrogens with zero attached hydrogens (tertiary/aromatic N) is 1. The molecule has 190 valence electrons. The zero-order valence-electron chi connectivity index (χ0n) is 20.4. The Morgan fingerprint density at radius 2 is 1.77 bits per heavy atom. The SMILES string of the molecule is CC(C)(C)OC(=O)N[C@@H](CC(=O)N1CC(N)CC1CNc1ccccc1F)Cc1ccccc1F. The first kappa shape index (κ1) is 26.4. The third kappa shape index (κ3) is 7.92. The summed E-state index contributed by atoms with van der Waals surface area (Å²) in [6.45, 7) is 5.90. The van der Waals surface area contributed by atoms with E-state index in [1.807, 2.05) is 0 Å². The lowest BCUT2D eigenvalue weighted by Gasteiger charge is -2.28. The molecule has 2 amide bonds. The van der Waals surface area contributed by atoms with Crippen molar-refractivity contribution in [3.63, 3.8) is 0 Å². The Labute approximate surface area is 205 Å². The minimum absolute atomic E-state index is 0.0590. The van der Waals surface area contributed by atoms with Crippen LogP contribution >= 0.6 is 0 Å². The number of likely N-dealkylation sites (tertiary alicyclic amines) is 1. The van der Waals surface area contributed by atoms with Gasteiger partial charge in [-0.2, -0.15) is 0 Å². The number of anilines is 1. The number of para-hydroxylation sites is 1. The van der Waals surface area contributed by atoms with Gasteiger partial charge in [0.1, 0.15) is 17.2 Å². The molecule has 3 rings (SSSR count). The van der Waals surface area contributed by atoms with E-state index >= 15 is 0 Å². The number of carbonyl (C=O) groups is 2. The van der Waals surface area contributed by atoms with Crippen molar-refractivity contribution in [2.45, 2.75) is 63.8 Å². The molecule has 0 spiro atoms. The molecule has 35 heavy (non-hydrogen) atoms. The van der Waals surface area contributed by atoms with Crippen LogP contribution in [0.15, 0.2) is 48.5 Å². The van der Waals surface area contributed by atoms with Crippen molar-refractivity contribution >= 4 is 17.7 Å². The Morgan fingerprint density at radius 3 is 2.43 bits per heavy atom. The molecule has 2 aromatic rings. The molecule has 1 aliphatic rings. The number of benzene rings is 2. The highest BCUT2D eigenvalue weighted by atomic mass is 19.1. The molecule has 2 unspecified atom stereocenters. The lowest BCUT2D eigenvalue weighted by atomic mass is 10.0. The quantitative estimate of drug-likeness (QED) is 0.525. The molecule has 3 atom stereocenters. The summed E-state index contributed by atoms with van der Waals surface area (Å²) in [5, 5.41) is 5.78. The third-order valence-electron chi connectivity index (χ3n) is 5.74. The molecular formula is C26H34F2N4O3. The van der Waals surface area contributed by atoms with Crippen LogP contribution in [0.25, 0.3) is 0 Å². The first-order valence-electron chi connectivity index (χ1n) is 11.8. The minimum Gasteiger partial charge on any atom is -0.444 e. The molecule has 9 heteroatoms. The summed E-state index contributed by atoms with van der Waals surface area (Å²) >= 11 is 0. The molecule has 1 saturated heterocycles. The van der Waals surface area contributed by atoms with Gasteiger partial charge in [-0.05, 0) is 57.4 Å². The number of nitrogens with one attached hydrogen (secondary N) is 2. The van der Waals surface area contributed by atoms with Crippen molar-refractivity contribution in [3.8, 4) is 0 Å². The number of carbonyl (C=O) groups excluding carboxylic acids is 2. The van der Waals surface area contributed by atoms with Crippen LogP contribution in [0.2, 0.25) is 0 Å². The first-order valence-corrected chi connectivity index (χ1v) is 11.8. The summed E-state index contributed by atoms with van der Waals surface area (Å²) in [5.41, 5.74) is 6.16. The van der Waals surface area contributed by atoms with Gasteiger partial charge in [0.15, 0.2) is 0 Å². The van der Waals surface area contributed by atoms with E-state index in [0.717, 1.165) is 0 Å². The van der Waals surface area contributed by atoms with Crippen molar-refractivity contribution in [2.24, 2.45) is 5.73 Å². The van der Waals surface area contributed by atoms with E-state index in [9.17, 15) is 18.4 Å². The van der Waals surface area contributed by atoms with Gasteiger partial charge < -0.3 is 26.0 Å². The number of halogens is 2. The monoisotopic (exact) mass is 488 g/mol. The third-order valence-corrected chi connectivity index (χ3v) is 5.74. The zero-order valence-corrected chi connectivity index (χ0v) is 20.4. The Morgan fingerprint density at radius 1 is 1.11 bits per heavy atom. The van der Waals surface area contributed by atoms with Gasteiger partial charge in [-0.1, -0.05) is 30.3 Å². The number of nitrogens with two attached hydrogens (primary N) is 1. The fourth-order valence-corrected chi connectivity index (χ4v) is 4.19. The number of hydrogen-bond donors (Lipinski definition) is 3. The molecule has 1 fully saturated rings. The van der Waals surface area contributed by atoms with Crippen LogP contribution in [0, 0.1) is 11.6 Å². The highest BCUT2D eigenvalue weighted by molar-refractivity contribution is 5.79. The van der Waals surface area contributed by atoms with Gasteiger partial charge in [0.2, 0.25) is 5.91 Å². The van der Waals surface area contributed by atoms with Crippen molar-refractivity contribution in [2.75, 3.05) is 18.4 Å². The molecule has 1 heterocycles. The molecule has 0 radical (unpaired) electrons.